The number of carboxylic acids is 1. The molecule has 1 N–H and O–H groups in total. The van der Waals surface area contributed by atoms with Gasteiger partial charge in [0.15, 0.2) is 5.82 Å². The lowest BCUT2D eigenvalue weighted by molar-refractivity contribution is -0.137. The Bertz CT molecular complexity index is 594. The van der Waals surface area contributed by atoms with E-state index in [9.17, 15) is 17.6 Å². The number of aliphatic carboxylic acids is 1. The lowest BCUT2D eigenvalue weighted by Crippen LogP contribution is -2.36. The summed E-state index contributed by atoms with van der Waals surface area (Å²) in [5.74, 6) is -0.461. The first-order valence-electron chi connectivity index (χ1n) is 4.65. The van der Waals surface area contributed by atoms with E-state index in [4.69, 9.17) is 11.5 Å². The summed E-state index contributed by atoms with van der Waals surface area (Å²) < 4.78 is 37.7. The lowest BCUT2D eigenvalue weighted by atomic mass is 10.5. The van der Waals surface area contributed by atoms with Gasteiger partial charge in [0, 0.05) is 6.20 Å². The van der Waals surface area contributed by atoms with E-state index < -0.39 is 39.9 Å². The molecular formula is C10H9FN2O4S. The lowest BCUT2D eigenvalue weighted by Gasteiger charge is -2.17. The van der Waals surface area contributed by atoms with Crippen molar-refractivity contribution in [3.05, 3.63) is 24.1 Å². The molecule has 1 aromatic rings. The molecule has 0 atom stereocenters. The molecule has 96 valence electrons. The Morgan fingerprint density at radius 1 is 1.61 bits per heavy atom. The van der Waals surface area contributed by atoms with E-state index in [-0.39, 0.29) is 0 Å². The predicted octanol–water partition coefficient (Wildman–Crippen LogP) is -0.0708. The molecule has 1 heterocycles. The van der Waals surface area contributed by atoms with Gasteiger partial charge in [0.1, 0.15) is 6.54 Å². The van der Waals surface area contributed by atoms with Crippen LogP contribution in [0.25, 0.3) is 0 Å². The zero-order valence-corrected chi connectivity index (χ0v) is 9.89. The average Bonchev–Trinajstić information content (AvgIpc) is 2.28. The third-order valence-corrected chi connectivity index (χ3v) is 3.62. The van der Waals surface area contributed by atoms with Crippen molar-refractivity contribution in [3.63, 3.8) is 0 Å². The van der Waals surface area contributed by atoms with Crippen LogP contribution in [0.5, 0.6) is 0 Å². The molecule has 0 amide bonds. The summed E-state index contributed by atoms with van der Waals surface area (Å²) in [6, 6.07) is 2.13. The molecule has 0 aliphatic rings. The van der Waals surface area contributed by atoms with Gasteiger partial charge in [-0.1, -0.05) is 5.92 Å². The molecule has 0 saturated heterocycles. The SMILES string of the molecule is C#CCN(CC(=O)O)S(=O)(=O)c1ncccc1F. The monoisotopic (exact) mass is 272 g/mol. The summed E-state index contributed by atoms with van der Waals surface area (Å²) >= 11 is 0. The molecule has 0 aliphatic heterocycles. The van der Waals surface area contributed by atoms with Crippen molar-refractivity contribution >= 4 is 16.0 Å². The van der Waals surface area contributed by atoms with Crippen LogP contribution in [0.1, 0.15) is 0 Å². The zero-order valence-electron chi connectivity index (χ0n) is 9.08. The van der Waals surface area contributed by atoms with Gasteiger partial charge in [-0.2, -0.15) is 4.31 Å². The second-order valence-electron chi connectivity index (χ2n) is 3.16. The quantitative estimate of drug-likeness (QED) is 0.758. The van der Waals surface area contributed by atoms with Crippen molar-refractivity contribution in [2.45, 2.75) is 5.03 Å². The smallest absolute Gasteiger partial charge is 0.318 e. The molecule has 18 heavy (non-hydrogen) atoms. The van der Waals surface area contributed by atoms with Gasteiger partial charge in [-0.15, -0.1) is 6.42 Å². The van der Waals surface area contributed by atoms with Crippen molar-refractivity contribution < 1.29 is 22.7 Å². The molecule has 6 nitrogen and oxygen atoms in total. The van der Waals surface area contributed by atoms with Gasteiger partial charge >= 0.3 is 5.97 Å². The Hall–Kier alpha value is -1.98. The normalized spacial score (nSPS) is 11.2. The van der Waals surface area contributed by atoms with E-state index in [0.717, 1.165) is 12.3 Å². The van der Waals surface area contributed by atoms with Crippen LogP contribution < -0.4 is 0 Å². The minimum absolute atomic E-state index is 0.459. The van der Waals surface area contributed by atoms with Crippen molar-refractivity contribution in [1.29, 1.82) is 0 Å². The fourth-order valence-corrected chi connectivity index (χ4v) is 2.44. The van der Waals surface area contributed by atoms with Gasteiger partial charge < -0.3 is 5.11 Å². The number of sulfonamides is 1. The predicted molar refractivity (Wildman–Crippen MR) is 59.4 cm³/mol. The topological polar surface area (TPSA) is 87.6 Å². The van der Waals surface area contributed by atoms with E-state index in [1.54, 1.807) is 0 Å². The molecule has 0 spiro atoms. The number of terminal acetylenes is 1. The molecular weight excluding hydrogens is 263 g/mol. The van der Waals surface area contributed by atoms with Crippen LogP contribution in [0.2, 0.25) is 0 Å². The highest BCUT2D eigenvalue weighted by Crippen LogP contribution is 2.15. The minimum atomic E-state index is -4.37. The molecule has 0 aliphatic carbocycles. The van der Waals surface area contributed by atoms with Gasteiger partial charge in [0.25, 0.3) is 10.0 Å². The highest BCUT2D eigenvalue weighted by molar-refractivity contribution is 7.89. The fraction of sp³-hybridized carbons (Fsp3) is 0.200. The molecule has 0 aromatic carbocycles. The van der Waals surface area contributed by atoms with Crippen LogP contribution in [0, 0.1) is 18.2 Å². The number of pyridine rings is 1. The fourth-order valence-electron chi connectivity index (χ4n) is 1.16. The minimum Gasteiger partial charge on any atom is -0.480 e. The molecule has 0 radical (unpaired) electrons. The molecule has 0 bridgehead atoms. The third kappa shape index (κ3) is 3.03. The Kier molecular flexibility index (Phi) is 4.36. The largest absolute Gasteiger partial charge is 0.480 e. The molecule has 1 rings (SSSR count). The van der Waals surface area contributed by atoms with Crippen molar-refractivity contribution in [2.24, 2.45) is 0 Å². The summed E-state index contributed by atoms with van der Waals surface area (Å²) in [4.78, 5) is 14.0. The number of nitrogens with zero attached hydrogens (tertiary/aromatic N) is 2. The van der Waals surface area contributed by atoms with E-state index in [0.29, 0.717) is 4.31 Å². The van der Waals surface area contributed by atoms with E-state index in [1.807, 2.05) is 5.92 Å². The maximum absolute atomic E-state index is 13.4. The molecule has 0 fully saturated rings. The van der Waals surface area contributed by atoms with E-state index in [2.05, 4.69) is 4.98 Å². The number of hydrogen-bond acceptors (Lipinski definition) is 4. The van der Waals surface area contributed by atoms with Crippen LogP contribution >= 0.6 is 0 Å². The van der Waals surface area contributed by atoms with Crippen molar-refractivity contribution in [1.82, 2.24) is 9.29 Å². The van der Waals surface area contributed by atoms with Crippen molar-refractivity contribution in [3.8, 4) is 12.3 Å². The average molecular weight is 272 g/mol. The zero-order chi connectivity index (χ0) is 13.8. The first-order valence-corrected chi connectivity index (χ1v) is 6.09. The standard InChI is InChI=1S/C10H9FN2O4S/c1-2-6-13(7-9(14)15)18(16,17)10-8(11)4-3-5-12-10/h1,3-5H,6-7H2,(H,14,15). The Labute approximate surface area is 103 Å². The van der Waals surface area contributed by atoms with Gasteiger partial charge in [-0.3, -0.25) is 4.79 Å². The molecule has 0 unspecified atom stereocenters. The molecule has 8 heteroatoms. The van der Waals surface area contributed by atoms with E-state index in [1.165, 1.54) is 6.07 Å². The first kappa shape index (κ1) is 14.1. The number of rotatable bonds is 5. The maximum atomic E-state index is 13.4. The number of hydrogen-bond donors (Lipinski definition) is 1. The number of carboxylic acid groups (broad SMARTS) is 1. The van der Waals surface area contributed by atoms with Gasteiger partial charge in [0.2, 0.25) is 5.03 Å². The molecule has 1 aromatic heterocycles. The van der Waals surface area contributed by atoms with Gasteiger partial charge in [0.05, 0.1) is 6.54 Å². The van der Waals surface area contributed by atoms with Crippen LogP contribution in [-0.2, 0) is 14.8 Å². The Morgan fingerprint density at radius 2 is 2.28 bits per heavy atom. The molecule has 0 saturated carbocycles. The highest BCUT2D eigenvalue weighted by Gasteiger charge is 2.29. The number of halogens is 1. The maximum Gasteiger partial charge on any atom is 0.318 e. The summed E-state index contributed by atoms with van der Waals surface area (Å²) in [5.41, 5.74) is 0. The van der Waals surface area contributed by atoms with Crippen LogP contribution in [0.15, 0.2) is 23.4 Å². The van der Waals surface area contributed by atoms with Crippen LogP contribution in [0.3, 0.4) is 0 Å². The summed E-state index contributed by atoms with van der Waals surface area (Å²) in [5, 5.41) is 7.76. The van der Waals surface area contributed by atoms with E-state index >= 15 is 0 Å². The third-order valence-electron chi connectivity index (χ3n) is 1.89. The second-order valence-corrected chi connectivity index (χ2v) is 5.01. The Balaban J connectivity index is 3.22. The first-order chi connectivity index (χ1) is 8.39. The number of carbonyl (C=O) groups is 1. The highest BCUT2D eigenvalue weighted by atomic mass is 32.2. The van der Waals surface area contributed by atoms with Crippen LogP contribution in [-0.4, -0.2) is 41.9 Å². The van der Waals surface area contributed by atoms with Crippen LogP contribution in [0.4, 0.5) is 4.39 Å². The van der Waals surface area contributed by atoms with Gasteiger partial charge in [-0.25, -0.2) is 17.8 Å². The summed E-state index contributed by atoms with van der Waals surface area (Å²) in [7, 11) is -4.37. The number of aromatic nitrogens is 1. The second kappa shape index (κ2) is 5.57. The summed E-state index contributed by atoms with van der Waals surface area (Å²) in [6.07, 6.45) is 6.04. The van der Waals surface area contributed by atoms with Gasteiger partial charge in [-0.05, 0) is 12.1 Å². The summed E-state index contributed by atoms with van der Waals surface area (Å²) in [6.45, 7) is -1.34. The Morgan fingerprint density at radius 3 is 2.78 bits per heavy atom. The van der Waals surface area contributed by atoms with Crippen molar-refractivity contribution in [2.75, 3.05) is 13.1 Å².